The van der Waals surface area contributed by atoms with Crippen molar-refractivity contribution in [2.24, 2.45) is 0 Å². The van der Waals surface area contributed by atoms with Gasteiger partial charge in [-0.1, -0.05) is 60.5 Å². The summed E-state index contributed by atoms with van der Waals surface area (Å²) in [6, 6.07) is 21.8. The van der Waals surface area contributed by atoms with Crippen LogP contribution in [0, 0.1) is 11.8 Å². The fourth-order valence-electron chi connectivity index (χ4n) is 3.18. The molecular formula is C27H27NO6S. The first-order chi connectivity index (χ1) is 16.9. The number of carboxylic acid groups (broad SMARTS) is 1. The second-order valence-electron chi connectivity index (χ2n) is 7.62. The zero-order valence-corrected chi connectivity index (χ0v) is 20.1. The minimum absolute atomic E-state index is 0.0238. The molecule has 1 unspecified atom stereocenters. The van der Waals surface area contributed by atoms with Gasteiger partial charge >= 0.3 is 5.97 Å². The van der Waals surface area contributed by atoms with Crippen LogP contribution in [0.15, 0.2) is 83.8 Å². The van der Waals surface area contributed by atoms with Crippen LogP contribution in [0.5, 0.6) is 5.75 Å². The van der Waals surface area contributed by atoms with Crippen LogP contribution in [0.4, 0.5) is 0 Å². The standard InChI is InChI=1S/C27H27NO6S/c1-33-19-20-34-24-15-11-22(12-16-24)23-13-17-25(18-14-23)35(31,32)28-26(27(29)30)10-6-5-9-21-7-3-2-4-8-21/h2-4,7-8,11-18,26,28H,9-10,19-20H2,1H3,(H,29,30). The van der Waals surface area contributed by atoms with E-state index in [1.165, 1.54) is 12.1 Å². The van der Waals surface area contributed by atoms with Crippen LogP contribution in [-0.4, -0.2) is 45.9 Å². The highest BCUT2D eigenvalue weighted by Gasteiger charge is 2.24. The van der Waals surface area contributed by atoms with Crippen LogP contribution in [0.2, 0.25) is 0 Å². The highest BCUT2D eigenvalue weighted by molar-refractivity contribution is 7.89. The van der Waals surface area contributed by atoms with Crippen molar-refractivity contribution in [1.82, 2.24) is 4.72 Å². The van der Waals surface area contributed by atoms with Crippen molar-refractivity contribution in [2.75, 3.05) is 20.3 Å². The van der Waals surface area contributed by atoms with Crippen LogP contribution in [0.25, 0.3) is 11.1 Å². The third-order valence-electron chi connectivity index (χ3n) is 5.07. The molecule has 0 heterocycles. The molecule has 35 heavy (non-hydrogen) atoms. The molecule has 182 valence electrons. The van der Waals surface area contributed by atoms with Crippen LogP contribution in [-0.2, 0) is 26.0 Å². The summed E-state index contributed by atoms with van der Waals surface area (Å²) in [5, 5.41) is 9.47. The lowest BCUT2D eigenvalue weighted by Gasteiger charge is -2.13. The number of ether oxygens (including phenoxy) is 2. The molecule has 0 spiro atoms. The Labute approximate surface area is 205 Å². The van der Waals surface area contributed by atoms with Crippen molar-refractivity contribution in [3.05, 3.63) is 84.4 Å². The number of aliphatic carboxylic acids is 1. The monoisotopic (exact) mass is 493 g/mol. The number of carboxylic acids is 1. The molecule has 0 radical (unpaired) electrons. The van der Waals surface area contributed by atoms with E-state index in [1.807, 2.05) is 54.6 Å². The van der Waals surface area contributed by atoms with Crippen molar-refractivity contribution in [3.63, 3.8) is 0 Å². The minimum Gasteiger partial charge on any atom is -0.491 e. The molecule has 8 heteroatoms. The SMILES string of the molecule is COCCOc1ccc(-c2ccc(S(=O)(=O)NC(CC#CCc3ccccc3)C(=O)O)cc2)cc1. The van der Waals surface area contributed by atoms with E-state index in [9.17, 15) is 18.3 Å². The van der Waals surface area contributed by atoms with Crippen LogP contribution in [0.1, 0.15) is 12.0 Å². The van der Waals surface area contributed by atoms with Gasteiger partial charge in [-0.15, -0.1) is 5.92 Å². The van der Waals surface area contributed by atoms with E-state index < -0.39 is 22.0 Å². The van der Waals surface area contributed by atoms with E-state index in [1.54, 1.807) is 19.2 Å². The summed E-state index contributed by atoms with van der Waals surface area (Å²) in [5.41, 5.74) is 2.70. The molecule has 0 saturated heterocycles. The predicted molar refractivity (Wildman–Crippen MR) is 134 cm³/mol. The van der Waals surface area contributed by atoms with Crippen molar-refractivity contribution in [1.29, 1.82) is 0 Å². The van der Waals surface area contributed by atoms with Crippen molar-refractivity contribution in [2.45, 2.75) is 23.8 Å². The molecule has 2 N–H and O–H groups in total. The molecule has 0 bridgehead atoms. The Hall–Kier alpha value is -3.64. The van der Waals surface area contributed by atoms with Gasteiger partial charge in [0.2, 0.25) is 10.0 Å². The second-order valence-corrected chi connectivity index (χ2v) is 9.34. The number of hydrogen-bond donors (Lipinski definition) is 2. The summed E-state index contributed by atoms with van der Waals surface area (Å²) in [5.74, 6) is 5.08. The number of carbonyl (C=O) groups is 1. The Balaban J connectivity index is 1.63. The van der Waals surface area contributed by atoms with E-state index in [2.05, 4.69) is 16.6 Å². The van der Waals surface area contributed by atoms with Crippen LogP contribution < -0.4 is 9.46 Å². The highest BCUT2D eigenvalue weighted by atomic mass is 32.2. The predicted octanol–water partition coefficient (Wildman–Crippen LogP) is 3.75. The molecule has 3 aromatic carbocycles. The Morgan fingerprint density at radius 2 is 1.54 bits per heavy atom. The number of nitrogens with one attached hydrogen (secondary N) is 1. The molecule has 0 fully saturated rings. The zero-order valence-electron chi connectivity index (χ0n) is 19.3. The Kier molecular flexibility index (Phi) is 9.44. The molecule has 0 aliphatic rings. The average Bonchev–Trinajstić information content (AvgIpc) is 2.87. The van der Waals surface area contributed by atoms with Gasteiger partial charge in [0.25, 0.3) is 0 Å². The summed E-state index contributed by atoms with van der Waals surface area (Å²) < 4.78 is 38.3. The molecule has 1 atom stereocenters. The summed E-state index contributed by atoms with van der Waals surface area (Å²) in [6.07, 6.45) is 0.319. The van der Waals surface area contributed by atoms with Crippen molar-refractivity contribution in [3.8, 4) is 28.7 Å². The van der Waals surface area contributed by atoms with Gasteiger partial charge in [-0.25, -0.2) is 8.42 Å². The molecule has 3 rings (SSSR count). The molecule has 0 amide bonds. The Morgan fingerprint density at radius 3 is 2.14 bits per heavy atom. The van der Waals surface area contributed by atoms with Gasteiger partial charge in [-0.2, -0.15) is 4.72 Å². The molecule has 0 aliphatic heterocycles. The van der Waals surface area contributed by atoms with E-state index in [-0.39, 0.29) is 11.3 Å². The Bertz CT molecular complexity index is 1260. The van der Waals surface area contributed by atoms with Gasteiger partial charge < -0.3 is 14.6 Å². The van der Waals surface area contributed by atoms with Crippen molar-refractivity contribution < 1.29 is 27.8 Å². The van der Waals surface area contributed by atoms with E-state index in [4.69, 9.17) is 9.47 Å². The lowest BCUT2D eigenvalue weighted by molar-refractivity contribution is -0.138. The maximum absolute atomic E-state index is 12.8. The summed E-state index contributed by atoms with van der Waals surface area (Å²) in [7, 11) is -2.44. The summed E-state index contributed by atoms with van der Waals surface area (Å²) in [6.45, 7) is 0.945. The van der Waals surface area contributed by atoms with Gasteiger partial charge in [-0.3, -0.25) is 4.79 Å². The first kappa shape index (κ1) is 26.0. The van der Waals surface area contributed by atoms with E-state index in [0.717, 1.165) is 16.7 Å². The van der Waals surface area contributed by atoms with Crippen molar-refractivity contribution >= 4 is 16.0 Å². The lowest BCUT2D eigenvalue weighted by atomic mass is 10.1. The fraction of sp³-hybridized carbons (Fsp3) is 0.222. The normalized spacial score (nSPS) is 11.8. The third-order valence-corrected chi connectivity index (χ3v) is 6.56. The molecule has 0 saturated carbocycles. The first-order valence-electron chi connectivity index (χ1n) is 11.0. The van der Waals surface area contributed by atoms with Gasteiger partial charge in [0.1, 0.15) is 18.4 Å². The summed E-state index contributed by atoms with van der Waals surface area (Å²) >= 11 is 0. The van der Waals surface area contributed by atoms with Crippen LogP contribution in [0.3, 0.4) is 0 Å². The average molecular weight is 494 g/mol. The molecular weight excluding hydrogens is 466 g/mol. The minimum atomic E-state index is -4.04. The molecule has 0 aliphatic carbocycles. The van der Waals surface area contributed by atoms with Gasteiger partial charge in [0, 0.05) is 20.0 Å². The second kappa shape index (κ2) is 12.7. The Morgan fingerprint density at radius 1 is 0.914 bits per heavy atom. The number of sulfonamides is 1. The number of benzene rings is 3. The van der Waals surface area contributed by atoms with Gasteiger partial charge in [-0.05, 0) is 41.0 Å². The number of methoxy groups -OCH3 is 1. The lowest BCUT2D eigenvalue weighted by Crippen LogP contribution is -2.40. The zero-order chi connectivity index (χ0) is 25.1. The molecule has 0 aromatic heterocycles. The fourth-order valence-corrected chi connectivity index (χ4v) is 4.37. The maximum atomic E-state index is 12.8. The first-order valence-corrected chi connectivity index (χ1v) is 12.4. The van der Waals surface area contributed by atoms with Gasteiger partial charge in [0.15, 0.2) is 0 Å². The maximum Gasteiger partial charge on any atom is 0.322 e. The van der Waals surface area contributed by atoms with Gasteiger partial charge in [0.05, 0.1) is 11.5 Å². The third kappa shape index (κ3) is 7.97. The highest BCUT2D eigenvalue weighted by Crippen LogP contribution is 2.24. The molecule has 7 nitrogen and oxygen atoms in total. The topological polar surface area (TPSA) is 102 Å². The van der Waals surface area contributed by atoms with E-state index >= 15 is 0 Å². The van der Waals surface area contributed by atoms with Crippen LogP contribution >= 0.6 is 0 Å². The number of hydrogen-bond acceptors (Lipinski definition) is 5. The quantitative estimate of drug-likeness (QED) is 0.312. The van der Waals surface area contributed by atoms with E-state index in [0.29, 0.717) is 25.4 Å². The molecule has 3 aromatic rings. The number of rotatable bonds is 11. The summed E-state index contributed by atoms with van der Waals surface area (Å²) in [4.78, 5) is 11.6. The smallest absolute Gasteiger partial charge is 0.322 e. The largest absolute Gasteiger partial charge is 0.491 e.